The van der Waals surface area contributed by atoms with Crippen LogP contribution in [-0.4, -0.2) is 23.2 Å². The highest BCUT2D eigenvalue weighted by atomic mass is 32.1. The number of ether oxygens (including phenoxy) is 1. The lowest BCUT2D eigenvalue weighted by Crippen LogP contribution is -2.17. The fraction of sp³-hybridized carbons (Fsp3) is 0. The summed E-state index contributed by atoms with van der Waals surface area (Å²) in [6, 6.07) is 16.1. The van der Waals surface area contributed by atoms with E-state index in [0.29, 0.717) is 16.2 Å². The number of hydrazone groups is 1. The first-order valence-electron chi connectivity index (χ1n) is 7.60. The van der Waals surface area contributed by atoms with Crippen LogP contribution < -0.4 is 10.2 Å². The van der Waals surface area contributed by atoms with Gasteiger partial charge in [-0.2, -0.15) is 5.10 Å². The minimum absolute atomic E-state index is 0.0879. The van der Waals surface area contributed by atoms with Crippen molar-refractivity contribution in [2.45, 2.75) is 0 Å². The van der Waals surface area contributed by atoms with Crippen molar-refractivity contribution in [1.29, 1.82) is 0 Å². The van der Waals surface area contributed by atoms with Gasteiger partial charge in [0.15, 0.2) is 0 Å². The molecule has 3 rings (SSSR count). The van der Waals surface area contributed by atoms with Gasteiger partial charge in [0.25, 0.3) is 5.91 Å². The van der Waals surface area contributed by atoms with Gasteiger partial charge < -0.3 is 9.84 Å². The van der Waals surface area contributed by atoms with E-state index in [1.54, 1.807) is 36.4 Å². The van der Waals surface area contributed by atoms with Crippen molar-refractivity contribution in [3.05, 3.63) is 82.0 Å². The number of phenolic OH excluding ortho intramolecular Hbond substituents is 1. The molecule has 0 radical (unpaired) electrons. The van der Waals surface area contributed by atoms with Crippen LogP contribution in [0.3, 0.4) is 0 Å². The zero-order chi connectivity index (χ0) is 18.4. The SMILES string of the molecule is O=C(NN=Cc1ccc(OC(=O)c2cccs2)cc1)c1ccc(O)cc1. The third-order valence-electron chi connectivity index (χ3n) is 3.32. The van der Waals surface area contributed by atoms with E-state index in [9.17, 15) is 14.7 Å². The number of phenols is 1. The molecule has 26 heavy (non-hydrogen) atoms. The predicted molar refractivity (Wildman–Crippen MR) is 98.9 cm³/mol. The van der Waals surface area contributed by atoms with Crippen molar-refractivity contribution in [2.75, 3.05) is 0 Å². The van der Waals surface area contributed by atoms with Crippen LogP contribution in [0.1, 0.15) is 25.6 Å². The van der Waals surface area contributed by atoms with Crippen LogP contribution in [0.15, 0.2) is 71.1 Å². The predicted octanol–water partition coefficient (Wildman–Crippen LogP) is 3.44. The molecule has 0 spiro atoms. The number of thiophene rings is 1. The summed E-state index contributed by atoms with van der Waals surface area (Å²) in [6.07, 6.45) is 1.48. The number of carbonyl (C=O) groups is 2. The molecular weight excluding hydrogens is 352 g/mol. The van der Waals surface area contributed by atoms with Gasteiger partial charge in [0.05, 0.1) is 6.21 Å². The molecule has 0 aliphatic heterocycles. The van der Waals surface area contributed by atoms with Crippen molar-refractivity contribution in [2.24, 2.45) is 5.10 Å². The van der Waals surface area contributed by atoms with Crippen molar-refractivity contribution in [3.63, 3.8) is 0 Å². The van der Waals surface area contributed by atoms with E-state index in [-0.39, 0.29) is 11.7 Å². The Hall–Kier alpha value is -3.45. The van der Waals surface area contributed by atoms with Gasteiger partial charge >= 0.3 is 5.97 Å². The van der Waals surface area contributed by atoms with Gasteiger partial charge in [-0.1, -0.05) is 6.07 Å². The normalized spacial score (nSPS) is 10.6. The molecule has 1 heterocycles. The lowest BCUT2D eigenvalue weighted by atomic mass is 10.2. The molecule has 2 aromatic carbocycles. The first-order valence-corrected chi connectivity index (χ1v) is 8.48. The quantitative estimate of drug-likeness (QED) is 0.313. The molecule has 1 aromatic heterocycles. The third-order valence-corrected chi connectivity index (χ3v) is 4.17. The molecule has 7 heteroatoms. The highest BCUT2D eigenvalue weighted by Crippen LogP contribution is 2.16. The van der Waals surface area contributed by atoms with Crippen LogP contribution in [0, 0.1) is 0 Å². The van der Waals surface area contributed by atoms with Crippen LogP contribution in [0.4, 0.5) is 0 Å². The Labute approximate surface area is 153 Å². The summed E-state index contributed by atoms with van der Waals surface area (Å²) in [4.78, 5) is 24.3. The van der Waals surface area contributed by atoms with Gasteiger partial charge in [0, 0.05) is 5.56 Å². The van der Waals surface area contributed by atoms with E-state index < -0.39 is 5.97 Å². The van der Waals surface area contributed by atoms with Crippen molar-refractivity contribution >= 4 is 29.4 Å². The number of hydrogen-bond donors (Lipinski definition) is 2. The zero-order valence-corrected chi connectivity index (χ0v) is 14.3. The highest BCUT2D eigenvalue weighted by Gasteiger charge is 2.09. The second-order valence-corrected chi connectivity index (χ2v) is 6.13. The van der Waals surface area contributed by atoms with E-state index >= 15 is 0 Å². The average Bonchev–Trinajstić information content (AvgIpc) is 3.18. The van der Waals surface area contributed by atoms with Crippen molar-refractivity contribution in [1.82, 2.24) is 5.43 Å². The molecule has 130 valence electrons. The van der Waals surface area contributed by atoms with Crippen LogP contribution in [-0.2, 0) is 0 Å². The molecule has 0 aliphatic rings. The van der Waals surface area contributed by atoms with E-state index in [0.717, 1.165) is 5.56 Å². The van der Waals surface area contributed by atoms with Gasteiger partial charge in [-0.05, 0) is 65.5 Å². The van der Waals surface area contributed by atoms with Gasteiger partial charge in [-0.15, -0.1) is 11.3 Å². The molecular formula is C19H14N2O4S. The molecule has 6 nitrogen and oxygen atoms in total. The van der Waals surface area contributed by atoms with Gasteiger partial charge in [-0.25, -0.2) is 10.2 Å². The standard InChI is InChI=1S/C19H14N2O4S/c22-15-7-5-14(6-8-15)18(23)21-20-12-13-3-9-16(10-4-13)25-19(24)17-2-1-11-26-17/h1-12,22H,(H,21,23). The number of nitrogens with one attached hydrogen (secondary N) is 1. The molecule has 0 saturated carbocycles. The van der Waals surface area contributed by atoms with Gasteiger partial charge in [0.2, 0.25) is 0 Å². The minimum Gasteiger partial charge on any atom is -0.508 e. The molecule has 0 bridgehead atoms. The number of amides is 1. The Morgan fingerprint density at radius 2 is 1.77 bits per heavy atom. The molecule has 0 atom stereocenters. The average molecular weight is 366 g/mol. The minimum atomic E-state index is -0.400. The number of carbonyl (C=O) groups excluding carboxylic acids is 2. The second-order valence-electron chi connectivity index (χ2n) is 5.18. The maximum Gasteiger partial charge on any atom is 0.353 e. The smallest absolute Gasteiger partial charge is 0.353 e. The lowest BCUT2D eigenvalue weighted by Gasteiger charge is -2.03. The molecule has 0 saturated heterocycles. The molecule has 0 unspecified atom stereocenters. The Morgan fingerprint density at radius 1 is 1.04 bits per heavy atom. The maximum atomic E-state index is 11.9. The van der Waals surface area contributed by atoms with E-state index in [2.05, 4.69) is 10.5 Å². The monoisotopic (exact) mass is 366 g/mol. The summed E-state index contributed by atoms with van der Waals surface area (Å²) < 4.78 is 5.26. The molecule has 2 N–H and O–H groups in total. The second kappa shape index (κ2) is 8.09. The van der Waals surface area contributed by atoms with Gasteiger partial charge in [-0.3, -0.25) is 4.79 Å². The van der Waals surface area contributed by atoms with Crippen LogP contribution in [0.5, 0.6) is 11.5 Å². The topological polar surface area (TPSA) is 88.0 Å². The van der Waals surface area contributed by atoms with Crippen molar-refractivity contribution < 1.29 is 19.4 Å². The summed E-state index contributed by atoms with van der Waals surface area (Å²) in [5, 5.41) is 14.9. The van der Waals surface area contributed by atoms with Crippen LogP contribution in [0.25, 0.3) is 0 Å². The summed E-state index contributed by atoms with van der Waals surface area (Å²) in [7, 11) is 0. The Morgan fingerprint density at radius 3 is 2.42 bits per heavy atom. The molecule has 0 aliphatic carbocycles. The number of benzene rings is 2. The number of esters is 1. The molecule has 0 fully saturated rings. The van der Waals surface area contributed by atoms with Crippen molar-refractivity contribution in [3.8, 4) is 11.5 Å². The highest BCUT2D eigenvalue weighted by molar-refractivity contribution is 7.12. The summed E-state index contributed by atoms with van der Waals surface area (Å²) in [5.41, 5.74) is 3.51. The summed E-state index contributed by atoms with van der Waals surface area (Å²) >= 11 is 1.32. The number of rotatable bonds is 5. The lowest BCUT2D eigenvalue weighted by molar-refractivity contribution is 0.0739. The maximum absolute atomic E-state index is 11.9. The van der Waals surface area contributed by atoms with Crippen LogP contribution in [0.2, 0.25) is 0 Å². The Kier molecular flexibility index (Phi) is 5.40. The number of aromatic hydroxyl groups is 1. The van der Waals surface area contributed by atoms with Gasteiger partial charge in [0.1, 0.15) is 16.4 Å². The zero-order valence-electron chi connectivity index (χ0n) is 13.5. The van der Waals surface area contributed by atoms with E-state index in [4.69, 9.17) is 4.74 Å². The third kappa shape index (κ3) is 4.55. The van der Waals surface area contributed by atoms with Crippen LogP contribution >= 0.6 is 11.3 Å². The molecule has 3 aromatic rings. The first-order chi connectivity index (χ1) is 12.6. The van der Waals surface area contributed by atoms with E-state index in [1.807, 2.05) is 5.38 Å². The number of nitrogens with zero attached hydrogens (tertiary/aromatic N) is 1. The fourth-order valence-corrected chi connectivity index (χ4v) is 2.62. The fourth-order valence-electron chi connectivity index (χ4n) is 2.02. The summed E-state index contributed by atoms with van der Waals surface area (Å²) in [5.74, 6) is -0.274. The number of hydrogen-bond acceptors (Lipinski definition) is 6. The first kappa shape index (κ1) is 17.4. The Balaban J connectivity index is 1.55. The Bertz CT molecular complexity index is 917. The van der Waals surface area contributed by atoms with E-state index in [1.165, 1.54) is 41.8 Å². The summed E-state index contributed by atoms with van der Waals surface area (Å²) in [6.45, 7) is 0. The molecule has 1 amide bonds. The largest absolute Gasteiger partial charge is 0.508 e.